The Labute approximate surface area is 106 Å². The van der Waals surface area contributed by atoms with Crippen molar-refractivity contribution in [3.8, 4) is 0 Å². The highest BCUT2D eigenvalue weighted by atomic mass is 32.2. The highest BCUT2D eigenvalue weighted by molar-refractivity contribution is 7.92. The van der Waals surface area contributed by atoms with E-state index in [2.05, 4.69) is 5.32 Å². The van der Waals surface area contributed by atoms with E-state index in [1.54, 1.807) is 14.0 Å². The summed E-state index contributed by atoms with van der Waals surface area (Å²) in [5.41, 5.74) is 0. The molecule has 0 amide bonds. The summed E-state index contributed by atoms with van der Waals surface area (Å²) in [6.45, 7) is 7.83. The zero-order valence-electron chi connectivity index (χ0n) is 11.5. The van der Waals surface area contributed by atoms with Crippen molar-refractivity contribution < 1.29 is 13.2 Å². The summed E-state index contributed by atoms with van der Waals surface area (Å²) in [6.07, 6.45) is 1.82. The minimum atomic E-state index is -2.96. The van der Waals surface area contributed by atoms with E-state index in [9.17, 15) is 8.42 Å². The third-order valence-electron chi connectivity index (χ3n) is 2.96. The molecule has 0 rings (SSSR count). The Morgan fingerprint density at radius 2 is 1.94 bits per heavy atom. The standard InChI is InChI=1S/C12H27NO3S/c1-5-11(2)10-17(14,15)12(3)9-13-7-6-8-16-4/h11-13H,5-10H2,1-4H3. The van der Waals surface area contributed by atoms with Crippen LogP contribution < -0.4 is 5.32 Å². The Morgan fingerprint density at radius 3 is 2.47 bits per heavy atom. The zero-order chi connectivity index (χ0) is 13.3. The predicted molar refractivity (Wildman–Crippen MR) is 72.1 cm³/mol. The summed E-state index contributed by atoms with van der Waals surface area (Å²) in [7, 11) is -1.29. The number of hydrogen-bond donors (Lipinski definition) is 1. The van der Waals surface area contributed by atoms with E-state index in [1.807, 2.05) is 13.8 Å². The molecule has 104 valence electrons. The molecule has 0 radical (unpaired) electrons. The van der Waals surface area contributed by atoms with Crippen molar-refractivity contribution in [1.82, 2.24) is 5.32 Å². The van der Waals surface area contributed by atoms with Gasteiger partial charge in [-0.1, -0.05) is 20.3 Å². The van der Waals surface area contributed by atoms with Crippen LogP contribution >= 0.6 is 0 Å². The van der Waals surface area contributed by atoms with Crippen LogP contribution in [0.25, 0.3) is 0 Å². The first-order chi connectivity index (χ1) is 7.94. The van der Waals surface area contributed by atoms with E-state index in [0.717, 1.165) is 19.4 Å². The van der Waals surface area contributed by atoms with Gasteiger partial charge >= 0.3 is 0 Å². The van der Waals surface area contributed by atoms with Gasteiger partial charge in [-0.15, -0.1) is 0 Å². The van der Waals surface area contributed by atoms with Crippen LogP contribution in [-0.4, -0.2) is 46.2 Å². The first-order valence-corrected chi connectivity index (χ1v) is 8.06. The lowest BCUT2D eigenvalue weighted by Gasteiger charge is -2.16. The normalized spacial score (nSPS) is 15.8. The molecule has 1 N–H and O–H groups in total. The monoisotopic (exact) mass is 265 g/mol. The lowest BCUT2D eigenvalue weighted by Crippen LogP contribution is -2.34. The molecule has 4 nitrogen and oxygen atoms in total. The van der Waals surface area contributed by atoms with Gasteiger partial charge in [0.15, 0.2) is 9.84 Å². The van der Waals surface area contributed by atoms with Gasteiger partial charge in [-0.3, -0.25) is 0 Å². The van der Waals surface area contributed by atoms with E-state index < -0.39 is 9.84 Å². The largest absolute Gasteiger partial charge is 0.385 e. The first kappa shape index (κ1) is 16.9. The average molecular weight is 265 g/mol. The maximum absolute atomic E-state index is 12.0. The number of methoxy groups -OCH3 is 1. The zero-order valence-corrected chi connectivity index (χ0v) is 12.3. The third kappa shape index (κ3) is 7.73. The van der Waals surface area contributed by atoms with Crippen LogP contribution in [0, 0.1) is 5.92 Å². The van der Waals surface area contributed by atoms with Gasteiger partial charge in [-0.25, -0.2) is 8.42 Å². The van der Waals surface area contributed by atoms with Crippen molar-refractivity contribution in [2.24, 2.45) is 5.92 Å². The molecular formula is C12H27NO3S. The smallest absolute Gasteiger partial charge is 0.154 e. The SMILES string of the molecule is CCC(C)CS(=O)(=O)C(C)CNCCCOC. The second-order valence-electron chi connectivity index (χ2n) is 4.70. The van der Waals surface area contributed by atoms with Crippen LogP contribution in [0.2, 0.25) is 0 Å². The molecule has 0 aromatic heterocycles. The van der Waals surface area contributed by atoms with Crippen LogP contribution in [0.1, 0.15) is 33.6 Å². The van der Waals surface area contributed by atoms with Crippen molar-refractivity contribution in [3.63, 3.8) is 0 Å². The molecule has 5 heteroatoms. The quantitative estimate of drug-likeness (QED) is 0.608. The second-order valence-corrected chi connectivity index (χ2v) is 7.17. The van der Waals surface area contributed by atoms with Gasteiger partial charge < -0.3 is 10.1 Å². The molecule has 0 aliphatic heterocycles. The molecule has 0 aliphatic carbocycles. The summed E-state index contributed by atoms with van der Waals surface area (Å²) in [5.74, 6) is 0.542. The lowest BCUT2D eigenvalue weighted by atomic mass is 10.2. The van der Waals surface area contributed by atoms with Crippen molar-refractivity contribution in [2.45, 2.75) is 38.9 Å². The number of ether oxygens (including phenoxy) is 1. The second kappa shape index (κ2) is 8.89. The Bertz CT molecular complexity index is 277. The maximum atomic E-state index is 12.0. The fourth-order valence-electron chi connectivity index (χ4n) is 1.45. The van der Waals surface area contributed by atoms with E-state index in [4.69, 9.17) is 4.74 Å². The van der Waals surface area contributed by atoms with Crippen LogP contribution in [0.4, 0.5) is 0 Å². The molecule has 0 saturated carbocycles. The van der Waals surface area contributed by atoms with Crippen molar-refractivity contribution in [3.05, 3.63) is 0 Å². The Hall–Kier alpha value is -0.130. The Morgan fingerprint density at radius 1 is 1.29 bits per heavy atom. The van der Waals surface area contributed by atoms with Gasteiger partial charge in [0.05, 0.1) is 11.0 Å². The molecule has 0 saturated heterocycles. The van der Waals surface area contributed by atoms with Gasteiger partial charge in [0.2, 0.25) is 0 Å². The van der Waals surface area contributed by atoms with E-state index in [1.165, 1.54) is 0 Å². The average Bonchev–Trinajstić information content (AvgIpc) is 2.27. The van der Waals surface area contributed by atoms with Crippen LogP contribution in [0.15, 0.2) is 0 Å². The van der Waals surface area contributed by atoms with Crippen LogP contribution in [0.5, 0.6) is 0 Å². The number of sulfone groups is 1. The minimum Gasteiger partial charge on any atom is -0.385 e. The summed E-state index contributed by atoms with van der Waals surface area (Å²) >= 11 is 0. The van der Waals surface area contributed by atoms with Gasteiger partial charge in [0.25, 0.3) is 0 Å². The molecule has 2 unspecified atom stereocenters. The minimum absolute atomic E-state index is 0.246. The molecule has 0 aromatic carbocycles. The number of rotatable bonds is 10. The molecule has 0 fully saturated rings. The molecule has 0 aromatic rings. The fraction of sp³-hybridized carbons (Fsp3) is 1.00. The highest BCUT2D eigenvalue weighted by Gasteiger charge is 2.22. The summed E-state index contributed by atoms with van der Waals surface area (Å²) in [4.78, 5) is 0. The summed E-state index contributed by atoms with van der Waals surface area (Å²) < 4.78 is 28.8. The molecular weight excluding hydrogens is 238 g/mol. The van der Waals surface area contributed by atoms with E-state index in [0.29, 0.717) is 18.9 Å². The predicted octanol–water partition coefficient (Wildman–Crippen LogP) is 1.46. The van der Waals surface area contributed by atoms with Crippen molar-refractivity contribution >= 4 is 9.84 Å². The van der Waals surface area contributed by atoms with Crippen LogP contribution in [0.3, 0.4) is 0 Å². The maximum Gasteiger partial charge on any atom is 0.154 e. The fourth-order valence-corrected chi connectivity index (χ4v) is 3.18. The van der Waals surface area contributed by atoms with Gasteiger partial charge in [-0.05, 0) is 25.8 Å². The van der Waals surface area contributed by atoms with E-state index in [-0.39, 0.29) is 11.2 Å². The van der Waals surface area contributed by atoms with Crippen molar-refractivity contribution in [2.75, 3.05) is 32.6 Å². The molecule has 0 spiro atoms. The number of nitrogens with one attached hydrogen (secondary N) is 1. The van der Waals surface area contributed by atoms with E-state index >= 15 is 0 Å². The van der Waals surface area contributed by atoms with Gasteiger partial charge in [0.1, 0.15) is 0 Å². The van der Waals surface area contributed by atoms with Gasteiger partial charge in [-0.2, -0.15) is 0 Å². The van der Waals surface area contributed by atoms with Crippen LogP contribution in [-0.2, 0) is 14.6 Å². The van der Waals surface area contributed by atoms with Crippen molar-refractivity contribution in [1.29, 1.82) is 0 Å². The topological polar surface area (TPSA) is 55.4 Å². The molecule has 0 aliphatic rings. The molecule has 0 bridgehead atoms. The van der Waals surface area contributed by atoms with Gasteiger partial charge in [0, 0.05) is 20.3 Å². The third-order valence-corrected chi connectivity index (χ3v) is 5.39. The lowest BCUT2D eigenvalue weighted by molar-refractivity contribution is 0.194. The highest BCUT2D eigenvalue weighted by Crippen LogP contribution is 2.10. The molecule has 17 heavy (non-hydrogen) atoms. The summed E-state index contributed by atoms with van der Waals surface area (Å²) in [5, 5.41) is 2.85. The molecule has 0 heterocycles. The Balaban J connectivity index is 3.91. The molecule has 2 atom stereocenters. The Kier molecular flexibility index (Phi) is 8.82. The number of hydrogen-bond acceptors (Lipinski definition) is 4. The summed E-state index contributed by atoms with van der Waals surface area (Å²) in [6, 6.07) is 0. The first-order valence-electron chi connectivity index (χ1n) is 6.35.